The standard InChI is InChI=1S/C19H22BrNO3S/c1-19(2,3)25(22)21-12-15-10-16(20)18(17(11-15)23-4)24-13-14-8-6-5-7-9-14/h5-12H,13H2,1-4H3. The molecule has 0 saturated carbocycles. The van der Waals surface area contributed by atoms with Crippen LogP contribution in [0.2, 0.25) is 0 Å². The van der Waals surface area contributed by atoms with Crippen LogP contribution >= 0.6 is 15.9 Å². The Hall–Kier alpha value is -1.50. The van der Waals surface area contributed by atoms with Crippen molar-refractivity contribution in [2.24, 2.45) is 4.40 Å². The Morgan fingerprint density at radius 3 is 2.48 bits per heavy atom. The fourth-order valence-corrected chi connectivity index (χ4v) is 3.06. The third-order valence-electron chi connectivity index (χ3n) is 3.30. The average Bonchev–Trinajstić information content (AvgIpc) is 2.58. The van der Waals surface area contributed by atoms with Crippen LogP contribution in [-0.2, 0) is 18.0 Å². The third-order valence-corrected chi connectivity index (χ3v) is 5.23. The lowest BCUT2D eigenvalue weighted by Crippen LogP contribution is -2.25. The first kappa shape index (κ1) is 19.8. The highest BCUT2D eigenvalue weighted by Gasteiger charge is 2.25. The molecular weight excluding hydrogens is 402 g/mol. The number of hydrogen-bond acceptors (Lipinski definition) is 4. The maximum atomic E-state index is 12.0. The van der Waals surface area contributed by atoms with Crippen molar-refractivity contribution in [3.63, 3.8) is 0 Å². The van der Waals surface area contributed by atoms with Gasteiger partial charge in [-0.1, -0.05) is 34.7 Å². The highest BCUT2D eigenvalue weighted by atomic mass is 79.9. The molecule has 0 amide bonds. The summed E-state index contributed by atoms with van der Waals surface area (Å²) >= 11 is 2.21. The van der Waals surface area contributed by atoms with Crippen LogP contribution in [0.5, 0.6) is 11.5 Å². The molecule has 0 heterocycles. The second kappa shape index (κ2) is 8.74. The quantitative estimate of drug-likeness (QED) is 0.489. The number of benzene rings is 2. The van der Waals surface area contributed by atoms with Crippen LogP contribution in [0.1, 0.15) is 31.9 Å². The van der Waals surface area contributed by atoms with Gasteiger partial charge in [-0.2, -0.15) is 0 Å². The van der Waals surface area contributed by atoms with Crippen molar-refractivity contribution in [2.45, 2.75) is 32.1 Å². The number of ether oxygens (including phenoxy) is 2. The summed E-state index contributed by atoms with van der Waals surface area (Å²) in [7, 11) is 1.59. The molecule has 0 aliphatic carbocycles. The lowest BCUT2D eigenvalue weighted by Gasteiger charge is -2.18. The fourth-order valence-electron chi connectivity index (χ4n) is 1.95. The summed E-state index contributed by atoms with van der Waals surface area (Å²) in [5.41, 5.74) is 1.86. The highest BCUT2D eigenvalue weighted by molar-refractivity contribution is 9.10. The van der Waals surface area contributed by atoms with Gasteiger partial charge in [-0.25, -0.2) is 0 Å². The van der Waals surface area contributed by atoms with Crippen molar-refractivity contribution >= 4 is 33.5 Å². The molecule has 1 atom stereocenters. The van der Waals surface area contributed by atoms with Crippen molar-refractivity contribution in [1.29, 1.82) is 0 Å². The van der Waals surface area contributed by atoms with E-state index >= 15 is 0 Å². The summed E-state index contributed by atoms with van der Waals surface area (Å²) in [4.78, 5) is 0. The van der Waals surface area contributed by atoms with E-state index in [4.69, 9.17) is 9.47 Å². The molecule has 0 N–H and O–H groups in total. The molecule has 0 aromatic heterocycles. The molecule has 0 aliphatic rings. The molecule has 4 nitrogen and oxygen atoms in total. The van der Waals surface area contributed by atoms with E-state index in [0.717, 1.165) is 15.6 Å². The van der Waals surface area contributed by atoms with E-state index in [-0.39, 0.29) is 0 Å². The van der Waals surface area contributed by atoms with Gasteiger partial charge in [-0.05, 0) is 54.4 Å². The molecule has 2 aromatic rings. The van der Waals surface area contributed by atoms with Gasteiger partial charge in [-0.15, -0.1) is 0 Å². The van der Waals surface area contributed by atoms with Crippen LogP contribution in [0.3, 0.4) is 0 Å². The molecule has 2 rings (SSSR count). The summed E-state index contributed by atoms with van der Waals surface area (Å²) in [6.07, 6.45) is 1.59. The molecule has 25 heavy (non-hydrogen) atoms. The Balaban J connectivity index is 2.19. The Labute approximate surface area is 160 Å². The molecule has 0 bridgehead atoms. The van der Waals surface area contributed by atoms with Crippen molar-refractivity contribution in [3.05, 3.63) is 58.1 Å². The van der Waals surface area contributed by atoms with Crippen molar-refractivity contribution in [3.8, 4) is 11.5 Å². The van der Waals surface area contributed by atoms with Crippen molar-refractivity contribution < 1.29 is 14.0 Å². The minimum absolute atomic E-state index is 0.392. The summed E-state index contributed by atoms with van der Waals surface area (Å²) in [5, 5.41) is 0. The lowest BCUT2D eigenvalue weighted by molar-refractivity contribution is 0.282. The first-order valence-electron chi connectivity index (χ1n) is 7.81. The SMILES string of the molecule is COc1cc(C=N[S+]([O-])C(C)(C)C)cc(Br)c1OCc1ccccc1. The van der Waals surface area contributed by atoms with Crippen LogP contribution in [-0.4, -0.2) is 22.6 Å². The molecule has 6 heteroatoms. The van der Waals surface area contributed by atoms with E-state index in [1.54, 1.807) is 13.3 Å². The predicted molar refractivity (Wildman–Crippen MR) is 107 cm³/mol. The average molecular weight is 424 g/mol. The van der Waals surface area contributed by atoms with Crippen LogP contribution < -0.4 is 9.47 Å². The Morgan fingerprint density at radius 2 is 1.88 bits per heavy atom. The number of rotatable bonds is 6. The monoisotopic (exact) mass is 423 g/mol. The molecule has 0 spiro atoms. The zero-order chi connectivity index (χ0) is 18.4. The molecular formula is C19H22BrNO3S. The normalized spacial score (nSPS) is 13.0. The third kappa shape index (κ3) is 5.76. The topological polar surface area (TPSA) is 53.9 Å². The summed E-state index contributed by atoms with van der Waals surface area (Å²) in [6, 6.07) is 13.6. The second-order valence-corrected chi connectivity index (χ2v) is 9.19. The molecule has 0 saturated heterocycles. The van der Waals surface area contributed by atoms with Gasteiger partial charge in [0.05, 0.1) is 17.8 Å². The Morgan fingerprint density at radius 1 is 1.20 bits per heavy atom. The number of halogens is 1. The Kier molecular flexibility index (Phi) is 6.93. The van der Waals surface area contributed by atoms with Crippen LogP contribution in [0.4, 0.5) is 0 Å². The minimum atomic E-state index is -1.30. The minimum Gasteiger partial charge on any atom is -0.591 e. The first-order valence-corrected chi connectivity index (χ1v) is 9.71. The van der Waals surface area contributed by atoms with Crippen LogP contribution in [0.15, 0.2) is 51.3 Å². The number of hydrogen-bond donors (Lipinski definition) is 0. The molecule has 0 fully saturated rings. The van der Waals surface area contributed by atoms with Gasteiger partial charge in [-0.3, -0.25) is 0 Å². The zero-order valence-electron chi connectivity index (χ0n) is 14.8. The number of methoxy groups -OCH3 is 1. The van der Waals surface area contributed by atoms with Crippen LogP contribution in [0.25, 0.3) is 0 Å². The van der Waals surface area contributed by atoms with E-state index in [9.17, 15) is 4.55 Å². The van der Waals surface area contributed by atoms with Crippen molar-refractivity contribution in [2.75, 3.05) is 7.11 Å². The molecule has 0 aliphatic heterocycles. The van der Waals surface area contributed by atoms with Gasteiger partial charge in [0.25, 0.3) is 0 Å². The van der Waals surface area contributed by atoms with Crippen molar-refractivity contribution in [1.82, 2.24) is 0 Å². The maximum Gasteiger partial charge on any atom is 0.175 e. The van der Waals surface area contributed by atoms with Crippen LogP contribution in [0, 0.1) is 0 Å². The van der Waals surface area contributed by atoms with E-state index in [1.165, 1.54) is 0 Å². The molecule has 0 radical (unpaired) electrons. The number of nitrogens with zero attached hydrogens (tertiary/aromatic N) is 1. The zero-order valence-corrected chi connectivity index (χ0v) is 17.2. The van der Waals surface area contributed by atoms with Gasteiger partial charge in [0, 0.05) is 5.56 Å². The lowest BCUT2D eigenvalue weighted by atomic mass is 10.2. The molecule has 1 unspecified atom stereocenters. The largest absolute Gasteiger partial charge is 0.591 e. The fraction of sp³-hybridized carbons (Fsp3) is 0.316. The van der Waals surface area contributed by atoms with E-state index in [0.29, 0.717) is 18.1 Å². The first-order chi connectivity index (χ1) is 11.8. The van der Waals surface area contributed by atoms with E-state index in [2.05, 4.69) is 20.3 Å². The highest BCUT2D eigenvalue weighted by Crippen LogP contribution is 2.37. The van der Waals surface area contributed by atoms with Gasteiger partial charge in [0.2, 0.25) is 0 Å². The maximum absolute atomic E-state index is 12.0. The Bertz CT molecular complexity index is 729. The van der Waals surface area contributed by atoms with Gasteiger partial charge in [0.1, 0.15) is 22.7 Å². The van der Waals surface area contributed by atoms with Gasteiger partial charge in [0.15, 0.2) is 11.5 Å². The van der Waals surface area contributed by atoms with E-state index < -0.39 is 16.1 Å². The second-order valence-electron chi connectivity index (χ2n) is 6.40. The van der Waals surface area contributed by atoms with E-state index in [1.807, 2.05) is 63.2 Å². The smallest absolute Gasteiger partial charge is 0.175 e. The summed E-state index contributed by atoms with van der Waals surface area (Å²) in [5.74, 6) is 1.22. The van der Waals surface area contributed by atoms with Gasteiger partial charge < -0.3 is 14.0 Å². The molecule has 134 valence electrons. The van der Waals surface area contributed by atoms with Gasteiger partial charge >= 0.3 is 0 Å². The predicted octanol–water partition coefficient (Wildman–Crippen LogP) is 4.92. The molecule has 2 aromatic carbocycles. The summed E-state index contributed by atoms with van der Waals surface area (Å²) < 4.78 is 27.9. The summed E-state index contributed by atoms with van der Waals surface area (Å²) in [6.45, 7) is 6.10.